The summed E-state index contributed by atoms with van der Waals surface area (Å²) in [5, 5.41) is 9.99. The lowest BCUT2D eigenvalue weighted by atomic mass is 9.88. The first-order valence-corrected chi connectivity index (χ1v) is 20.7. The van der Waals surface area contributed by atoms with Gasteiger partial charge in [0.05, 0.1) is 17.8 Å². The van der Waals surface area contributed by atoms with E-state index >= 15 is 4.39 Å². The van der Waals surface area contributed by atoms with Crippen molar-refractivity contribution in [2.45, 2.75) is 110 Å². The normalized spacial score (nSPS) is 18.8. The van der Waals surface area contributed by atoms with Crippen molar-refractivity contribution in [1.82, 2.24) is 24.6 Å². The zero-order valence-electron chi connectivity index (χ0n) is 34.8. The van der Waals surface area contributed by atoms with Crippen LogP contribution >= 0.6 is 0 Å². The summed E-state index contributed by atoms with van der Waals surface area (Å²) in [7, 11) is 1.62. The number of amides is 1. The summed E-state index contributed by atoms with van der Waals surface area (Å²) < 4.78 is 48.8. The van der Waals surface area contributed by atoms with Gasteiger partial charge >= 0.3 is 12.1 Å². The number of nitrogens with zero attached hydrogens (tertiary/aromatic N) is 5. The number of benzene rings is 3. The van der Waals surface area contributed by atoms with E-state index < -0.39 is 5.60 Å². The van der Waals surface area contributed by atoms with Crippen LogP contribution in [0.3, 0.4) is 0 Å². The van der Waals surface area contributed by atoms with Gasteiger partial charge in [0, 0.05) is 66.4 Å². The van der Waals surface area contributed by atoms with Crippen LogP contribution < -0.4 is 14.8 Å². The Morgan fingerprint density at radius 1 is 1.07 bits per heavy atom. The predicted molar refractivity (Wildman–Crippen MR) is 224 cm³/mol. The quantitative estimate of drug-likeness (QED) is 0.122. The Kier molecular flexibility index (Phi) is 11.4. The second kappa shape index (κ2) is 16.7. The van der Waals surface area contributed by atoms with Crippen LogP contribution in [0.1, 0.15) is 101 Å². The summed E-state index contributed by atoms with van der Waals surface area (Å²) in [6.45, 7) is 11.3. The molecule has 1 aliphatic carbocycles. The number of nitrogens with one attached hydrogen (secondary N) is 1. The van der Waals surface area contributed by atoms with E-state index in [1.807, 2.05) is 69.8 Å². The van der Waals surface area contributed by atoms with E-state index in [0.717, 1.165) is 65.1 Å². The molecule has 2 aromatic heterocycles. The first-order chi connectivity index (χ1) is 28.4. The van der Waals surface area contributed by atoms with E-state index in [0.29, 0.717) is 59.8 Å². The molecule has 0 spiro atoms. The van der Waals surface area contributed by atoms with Crippen LogP contribution in [0.15, 0.2) is 42.6 Å². The van der Waals surface area contributed by atoms with E-state index in [9.17, 15) is 4.79 Å². The molecule has 1 N–H and O–H groups in total. The van der Waals surface area contributed by atoms with Crippen molar-refractivity contribution < 1.29 is 32.9 Å². The highest BCUT2D eigenvalue weighted by atomic mass is 19.1. The molecule has 0 radical (unpaired) electrons. The molecule has 3 aromatic carbocycles. The Bertz CT molecular complexity index is 2390. The van der Waals surface area contributed by atoms with Gasteiger partial charge < -0.3 is 33.9 Å². The van der Waals surface area contributed by atoms with Crippen LogP contribution in [0.5, 0.6) is 11.8 Å². The molecule has 2 aliphatic heterocycles. The van der Waals surface area contributed by atoms with Gasteiger partial charge in [0.25, 0.3) is 0 Å². The van der Waals surface area contributed by atoms with Crippen LogP contribution in [0.2, 0.25) is 0 Å². The average Bonchev–Trinajstić information content (AvgIpc) is 3.82. The molecule has 3 fully saturated rings. The molecule has 8 rings (SSSR count). The Morgan fingerprint density at radius 2 is 1.86 bits per heavy atom. The zero-order chi connectivity index (χ0) is 41.4. The van der Waals surface area contributed by atoms with E-state index in [4.69, 9.17) is 45.2 Å². The molecule has 2 saturated heterocycles. The van der Waals surface area contributed by atoms with Crippen molar-refractivity contribution in [2.75, 3.05) is 38.7 Å². The number of carbonyl (C=O) groups is 1. The van der Waals surface area contributed by atoms with Gasteiger partial charge in [-0.2, -0.15) is 15.1 Å². The van der Waals surface area contributed by atoms with Gasteiger partial charge in [-0.05, 0) is 114 Å². The molecule has 59 heavy (non-hydrogen) atoms. The van der Waals surface area contributed by atoms with Gasteiger partial charge in [-0.3, -0.25) is 0 Å². The third-order valence-corrected chi connectivity index (χ3v) is 11.3. The smallest absolute Gasteiger partial charge is 0.410 e. The van der Waals surface area contributed by atoms with E-state index in [1.165, 1.54) is 0 Å². The second-order valence-electron chi connectivity index (χ2n) is 16.9. The maximum absolute atomic E-state index is 16.4. The highest BCUT2D eigenvalue weighted by molar-refractivity contribution is 6.06. The molecule has 4 heterocycles. The molecule has 5 aromatic rings. The lowest BCUT2D eigenvalue weighted by Gasteiger charge is -2.25. The minimum absolute atomic E-state index is 0.127. The van der Waals surface area contributed by atoms with Crippen molar-refractivity contribution in [1.29, 1.82) is 0 Å². The summed E-state index contributed by atoms with van der Waals surface area (Å²) in [6, 6.07) is 11.4. The van der Waals surface area contributed by atoms with Gasteiger partial charge in [-0.15, -0.1) is 6.42 Å². The highest BCUT2D eigenvalue weighted by Crippen LogP contribution is 2.53. The molecule has 3 atom stereocenters. The minimum atomic E-state index is -0.609. The third-order valence-electron chi connectivity index (χ3n) is 11.3. The lowest BCUT2D eigenvalue weighted by Crippen LogP contribution is -2.36. The van der Waals surface area contributed by atoms with Gasteiger partial charge in [0.1, 0.15) is 36.0 Å². The summed E-state index contributed by atoms with van der Waals surface area (Å²) in [4.78, 5) is 24.8. The number of terminal acetylenes is 1. The van der Waals surface area contributed by atoms with Crippen LogP contribution in [-0.2, 0) is 20.8 Å². The number of aromatic nitrogens is 4. The largest absolute Gasteiger partial charge is 0.486 e. The number of anilines is 1. The zero-order valence-corrected chi connectivity index (χ0v) is 34.8. The number of methoxy groups -OCH3 is 1. The molecule has 12 nitrogen and oxygen atoms in total. The minimum Gasteiger partial charge on any atom is -0.486 e. The van der Waals surface area contributed by atoms with Crippen LogP contribution in [0.25, 0.3) is 32.9 Å². The summed E-state index contributed by atoms with van der Waals surface area (Å²) in [6.07, 6.45) is 12.0. The Balaban J connectivity index is 1.32. The summed E-state index contributed by atoms with van der Waals surface area (Å²) >= 11 is 0. The molecule has 310 valence electrons. The van der Waals surface area contributed by atoms with Crippen molar-refractivity contribution in [3.05, 3.63) is 70.7 Å². The summed E-state index contributed by atoms with van der Waals surface area (Å²) in [5.41, 5.74) is 5.19. The molecule has 0 bridgehead atoms. The molecule has 1 saturated carbocycles. The maximum Gasteiger partial charge on any atom is 0.410 e. The third kappa shape index (κ3) is 8.66. The summed E-state index contributed by atoms with van der Waals surface area (Å²) in [5.74, 6) is 3.56. The van der Waals surface area contributed by atoms with Gasteiger partial charge in [-0.25, -0.2) is 13.9 Å². The highest BCUT2D eigenvalue weighted by Gasteiger charge is 2.35. The van der Waals surface area contributed by atoms with Crippen molar-refractivity contribution in [3.8, 4) is 35.2 Å². The number of hydrogen-bond acceptors (Lipinski definition) is 10. The fourth-order valence-corrected chi connectivity index (χ4v) is 7.93. The number of carbonyl (C=O) groups excluding carboxylic acids is 1. The van der Waals surface area contributed by atoms with Crippen LogP contribution in [0, 0.1) is 25.1 Å². The van der Waals surface area contributed by atoms with Crippen LogP contribution in [0.4, 0.5) is 15.0 Å². The standard InChI is InChI=1S/C46H53FN6O6/c1-8-29-12-14-30(15-13-29)26-57-42-40(39-28(3)36(47)22-37-35(39)23-48-53(37)38-11-9-10-20-56-38)33(31-16-17-31)21-34-41(42)50-44(58-25-27(2)55-7)51-43(34)49-32-18-19-52(24-32)45(54)59-46(4,5)6/h1,12-15,21-23,27,31-32,38H,9-11,16-20,24-26H2,2-7H3,(H,49,50,51)/t27-,32+,38?/m0/s1. The second-order valence-corrected chi connectivity index (χ2v) is 16.9. The number of ether oxygens (including phenoxy) is 5. The van der Waals surface area contributed by atoms with E-state index in [1.54, 1.807) is 18.1 Å². The topological polar surface area (TPSA) is 122 Å². The molecule has 1 unspecified atom stereocenters. The van der Waals surface area contributed by atoms with Gasteiger partial charge in [0.2, 0.25) is 0 Å². The first-order valence-electron chi connectivity index (χ1n) is 20.7. The van der Waals surface area contributed by atoms with E-state index in [-0.39, 0.29) is 55.4 Å². The number of fused-ring (bicyclic) bond motifs is 2. The number of likely N-dealkylation sites (tertiary alicyclic amines) is 1. The molecular weight excluding hydrogens is 752 g/mol. The van der Waals surface area contributed by atoms with Crippen molar-refractivity contribution >= 4 is 33.7 Å². The SMILES string of the molecule is C#Cc1ccc(COc2c(-c3c(C)c(F)cc4c3cnn4C3CCCCO3)c(C3CC3)cc3c(N[C@@H]4CCN(C(=O)OC(C)(C)C)C4)nc(OC[C@H](C)OC)nc23)cc1. The number of hydrogen-bond donors (Lipinski definition) is 1. The van der Waals surface area contributed by atoms with Gasteiger partial charge in [-0.1, -0.05) is 18.1 Å². The fourth-order valence-electron chi connectivity index (χ4n) is 7.93. The Morgan fingerprint density at radius 3 is 2.56 bits per heavy atom. The maximum atomic E-state index is 16.4. The Labute approximate surface area is 344 Å². The number of halogens is 1. The van der Waals surface area contributed by atoms with E-state index in [2.05, 4.69) is 17.3 Å². The molecule has 1 amide bonds. The van der Waals surface area contributed by atoms with Gasteiger partial charge in [0.15, 0.2) is 12.0 Å². The first kappa shape index (κ1) is 40.3. The Hall–Kier alpha value is -5.45. The number of rotatable bonds is 12. The van der Waals surface area contributed by atoms with Crippen molar-refractivity contribution in [3.63, 3.8) is 0 Å². The lowest BCUT2D eigenvalue weighted by molar-refractivity contribution is -0.0366. The molecule has 3 aliphatic rings. The average molecular weight is 805 g/mol. The molecule has 13 heteroatoms. The van der Waals surface area contributed by atoms with Crippen LogP contribution in [-0.4, -0.2) is 81.9 Å². The fraction of sp³-hybridized carbons (Fsp3) is 0.478. The monoisotopic (exact) mass is 804 g/mol. The van der Waals surface area contributed by atoms with Crippen molar-refractivity contribution in [2.24, 2.45) is 0 Å². The molecular formula is C46H53FN6O6. The predicted octanol–water partition coefficient (Wildman–Crippen LogP) is 9.07.